The van der Waals surface area contributed by atoms with Gasteiger partial charge in [-0.3, -0.25) is 4.79 Å². The maximum atomic E-state index is 13.6. The van der Waals surface area contributed by atoms with Crippen molar-refractivity contribution in [2.24, 2.45) is 0 Å². The third kappa shape index (κ3) is 4.00. The van der Waals surface area contributed by atoms with E-state index in [0.717, 1.165) is 18.6 Å². The van der Waals surface area contributed by atoms with Crippen molar-refractivity contribution < 1.29 is 13.6 Å². The molecule has 2 aromatic carbocycles. The van der Waals surface area contributed by atoms with Crippen LogP contribution in [0.3, 0.4) is 0 Å². The summed E-state index contributed by atoms with van der Waals surface area (Å²) in [6.07, 6.45) is 0.913. The van der Waals surface area contributed by atoms with Gasteiger partial charge in [0.1, 0.15) is 17.3 Å². The van der Waals surface area contributed by atoms with Crippen LogP contribution >= 0.6 is 0 Å². The van der Waals surface area contributed by atoms with E-state index >= 15 is 0 Å². The summed E-state index contributed by atoms with van der Waals surface area (Å²) in [5.41, 5.74) is 1.57. The van der Waals surface area contributed by atoms with Crippen molar-refractivity contribution in [3.63, 3.8) is 0 Å². The molecule has 5 nitrogen and oxygen atoms in total. The second-order valence-electron chi connectivity index (χ2n) is 5.53. The molecule has 0 atom stereocenters. The number of hydrogen-bond donors (Lipinski definition) is 2. The van der Waals surface area contributed by atoms with Crippen molar-refractivity contribution in [1.29, 1.82) is 0 Å². The van der Waals surface area contributed by atoms with Crippen molar-refractivity contribution in [2.45, 2.75) is 13.3 Å². The van der Waals surface area contributed by atoms with E-state index in [1.807, 2.05) is 19.1 Å². The zero-order chi connectivity index (χ0) is 18.5. The van der Waals surface area contributed by atoms with Gasteiger partial charge in [0.15, 0.2) is 11.5 Å². The number of hydrogen-bond acceptors (Lipinski definition) is 4. The average molecular weight is 354 g/mol. The SMILES string of the molecule is CCc1ccc(NC(=O)c2ccc(Nc3c(F)cccc3F)nn2)cc1. The summed E-state index contributed by atoms with van der Waals surface area (Å²) in [7, 11) is 0. The number of carbonyl (C=O) groups excluding carboxylic acids is 1. The van der Waals surface area contributed by atoms with Gasteiger partial charge >= 0.3 is 0 Å². The van der Waals surface area contributed by atoms with Crippen molar-refractivity contribution in [1.82, 2.24) is 10.2 Å². The monoisotopic (exact) mass is 354 g/mol. The van der Waals surface area contributed by atoms with E-state index in [1.54, 1.807) is 12.1 Å². The molecule has 3 aromatic rings. The van der Waals surface area contributed by atoms with Gasteiger partial charge in [-0.1, -0.05) is 25.1 Å². The predicted molar refractivity (Wildman–Crippen MR) is 95.4 cm³/mol. The van der Waals surface area contributed by atoms with E-state index in [4.69, 9.17) is 0 Å². The third-order valence-electron chi connectivity index (χ3n) is 3.73. The molecule has 1 aromatic heterocycles. The Morgan fingerprint density at radius 3 is 2.23 bits per heavy atom. The number of rotatable bonds is 5. The molecule has 3 rings (SSSR count). The molecule has 0 radical (unpaired) electrons. The molecule has 1 heterocycles. The Morgan fingerprint density at radius 1 is 0.962 bits per heavy atom. The molecule has 132 valence electrons. The fourth-order valence-electron chi connectivity index (χ4n) is 2.28. The Bertz CT molecular complexity index is 892. The lowest BCUT2D eigenvalue weighted by atomic mass is 10.1. The molecule has 0 bridgehead atoms. The highest BCUT2D eigenvalue weighted by atomic mass is 19.1. The standard InChI is InChI=1S/C19H16F2N4O/c1-2-12-6-8-13(9-7-12)22-19(26)16-10-11-17(25-24-16)23-18-14(20)4-3-5-15(18)21/h3-11H,2H2,1H3,(H,22,26)(H,23,25). The zero-order valence-corrected chi connectivity index (χ0v) is 14.0. The fraction of sp³-hybridized carbons (Fsp3) is 0.105. The Hall–Kier alpha value is -3.35. The molecule has 0 saturated heterocycles. The summed E-state index contributed by atoms with van der Waals surface area (Å²) in [4.78, 5) is 12.2. The van der Waals surface area contributed by atoms with E-state index in [-0.39, 0.29) is 17.2 Å². The van der Waals surface area contributed by atoms with Crippen molar-refractivity contribution in [2.75, 3.05) is 10.6 Å². The Morgan fingerprint density at radius 2 is 1.65 bits per heavy atom. The van der Waals surface area contributed by atoms with Gasteiger partial charge in [0, 0.05) is 5.69 Å². The lowest BCUT2D eigenvalue weighted by Crippen LogP contribution is -2.14. The first-order valence-corrected chi connectivity index (χ1v) is 8.02. The van der Waals surface area contributed by atoms with E-state index in [1.165, 1.54) is 23.8 Å². The first-order valence-electron chi connectivity index (χ1n) is 8.02. The van der Waals surface area contributed by atoms with Gasteiger partial charge in [-0.05, 0) is 48.4 Å². The van der Waals surface area contributed by atoms with Crippen LogP contribution in [0, 0.1) is 11.6 Å². The van der Waals surface area contributed by atoms with Gasteiger partial charge in [0.25, 0.3) is 5.91 Å². The maximum Gasteiger partial charge on any atom is 0.276 e. The van der Waals surface area contributed by atoms with Crippen LogP contribution in [0.4, 0.5) is 26.0 Å². The van der Waals surface area contributed by atoms with Crippen molar-refractivity contribution >= 4 is 23.1 Å². The maximum absolute atomic E-state index is 13.6. The van der Waals surface area contributed by atoms with Crippen molar-refractivity contribution in [3.05, 3.63) is 77.5 Å². The van der Waals surface area contributed by atoms with E-state index in [2.05, 4.69) is 20.8 Å². The number of para-hydroxylation sites is 1. The van der Waals surface area contributed by atoms with Crippen LogP contribution in [0.5, 0.6) is 0 Å². The lowest BCUT2D eigenvalue weighted by Gasteiger charge is -2.08. The van der Waals surface area contributed by atoms with Gasteiger partial charge in [0.05, 0.1) is 0 Å². The topological polar surface area (TPSA) is 66.9 Å². The summed E-state index contributed by atoms with van der Waals surface area (Å²) in [6, 6.07) is 13.8. The van der Waals surface area contributed by atoms with Gasteiger partial charge < -0.3 is 10.6 Å². The number of halogens is 2. The van der Waals surface area contributed by atoms with E-state index < -0.39 is 17.5 Å². The largest absolute Gasteiger partial charge is 0.334 e. The molecule has 0 aliphatic carbocycles. The zero-order valence-electron chi connectivity index (χ0n) is 14.0. The average Bonchev–Trinajstić information content (AvgIpc) is 2.66. The highest BCUT2D eigenvalue weighted by Gasteiger charge is 2.12. The number of nitrogens with one attached hydrogen (secondary N) is 2. The van der Waals surface area contributed by atoms with E-state index in [0.29, 0.717) is 5.69 Å². The Labute approximate surface area is 149 Å². The van der Waals surface area contributed by atoms with Gasteiger partial charge in [-0.25, -0.2) is 8.78 Å². The number of benzene rings is 2. The number of anilines is 3. The molecule has 0 aliphatic heterocycles. The smallest absolute Gasteiger partial charge is 0.276 e. The van der Waals surface area contributed by atoms with Crippen LogP contribution < -0.4 is 10.6 Å². The lowest BCUT2D eigenvalue weighted by molar-refractivity contribution is 0.102. The number of nitrogens with zero attached hydrogens (tertiary/aromatic N) is 2. The summed E-state index contributed by atoms with van der Waals surface area (Å²) < 4.78 is 27.3. The molecule has 0 spiro atoms. The Kier molecular flexibility index (Phi) is 5.17. The summed E-state index contributed by atoms with van der Waals surface area (Å²) in [5.74, 6) is -1.79. The van der Waals surface area contributed by atoms with Crippen LogP contribution in [-0.4, -0.2) is 16.1 Å². The summed E-state index contributed by atoms with van der Waals surface area (Å²) in [6.45, 7) is 2.05. The van der Waals surface area contributed by atoms with Gasteiger partial charge in [-0.15, -0.1) is 10.2 Å². The first kappa shape index (κ1) is 17.5. The normalized spacial score (nSPS) is 10.4. The first-order chi connectivity index (χ1) is 12.6. The molecule has 0 fully saturated rings. The molecule has 0 aliphatic rings. The molecule has 1 amide bonds. The van der Waals surface area contributed by atoms with Gasteiger partial charge in [0.2, 0.25) is 0 Å². The molecule has 26 heavy (non-hydrogen) atoms. The van der Waals surface area contributed by atoms with Crippen molar-refractivity contribution in [3.8, 4) is 0 Å². The molecule has 2 N–H and O–H groups in total. The number of aromatic nitrogens is 2. The third-order valence-corrected chi connectivity index (χ3v) is 3.73. The molecule has 7 heteroatoms. The second-order valence-corrected chi connectivity index (χ2v) is 5.53. The number of aryl methyl sites for hydroxylation is 1. The number of carbonyl (C=O) groups is 1. The van der Waals surface area contributed by atoms with Crippen LogP contribution in [0.25, 0.3) is 0 Å². The van der Waals surface area contributed by atoms with Gasteiger partial charge in [-0.2, -0.15) is 0 Å². The van der Waals surface area contributed by atoms with Crippen LogP contribution in [0.1, 0.15) is 23.0 Å². The molecular weight excluding hydrogens is 338 g/mol. The quantitative estimate of drug-likeness (QED) is 0.716. The molecular formula is C19H16F2N4O. The predicted octanol–water partition coefficient (Wildman–Crippen LogP) is 4.31. The van der Waals surface area contributed by atoms with Crippen LogP contribution in [0.2, 0.25) is 0 Å². The minimum Gasteiger partial charge on any atom is -0.334 e. The second kappa shape index (κ2) is 7.69. The molecule has 0 unspecified atom stereocenters. The summed E-state index contributed by atoms with van der Waals surface area (Å²) in [5, 5.41) is 12.8. The molecule has 0 saturated carbocycles. The van der Waals surface area contributed by atoms with Crippen LogP contribution in [-0.2, 0) is 6.42 Å². The highest BCUT2D eigenvalue weighted by molar-refractivity contribution is 6.02. The minimum atomic E-state index is -0.746. The van der Waals surface area contributed by atoms with Crippen LogP contribution in [0.15, 0.2) is 54.6 Å². The Balaban J connectivity index is 1.69. The van der Waals surface area contributed by atoms with E-state index in [9.17, 15) is 13.6 Å². The highest BCUT2D eigenvalue weighted by Crippen LogP contribution is 2.21. The minimum absolute atomic E-state index is 0.0872. The number of amides is 1. The fourth-order valence-corrected chi connectivity index (χ4v) is 2.28. The summed E-state index contributed by atoms with van der Waals surface area (Å²) >= 11 is 0.